The molecular weight excluding hydrogens is 408 g/mol. The minimum absolute atomic E-state index is 0.0260. The highest BCUT2D eigenvalue weighted by Crippen LogP contribution is 2.34. The van der Waals surface area contributed by atoms with Crippen molar-refractivity contribution in [1.82, 2.24) is 20.1 Å². The molecule has 8 heteroatoms. The molecule has 0 atom stereocenters. The summed E-state index contributed by atoms with van der Waals surface area (Å²) >= 11 is 0. The number of aryl methyl sites for hydroxylation is 3. The molecule has 0 radical (unpaired) electrons. The second kappa shape index (κ2) is 8.33. The van der Waals surface area contributed by atoms with E-state index in [4.69, 9.17) is 19.2 Å². The second-order valence-corrected chi connectivity index (χ2v) is 8.66. The van der Waals surface area contributed by atoms with Gasteiger partial charge in [-0.3, -0.25) is 4.79 Å². The van der Waals surface area contributed by atoms with Crippen LogP contribution in [-0.4, -0.2) is 41.0 Å². The van der Waals surface area contributed by atoms with Crippen LogP contribution in [0.25, 0.3) is 11.0 Å². The van der Waals surface area contributed by atoms with Gasteiger partial charge in [0.25, 0.3) is 0 Å². The zero-order valence-corrected chi connectivity index (χ0v) is 19.5. The summed E-state index contributed by atoms with van der Waals surface area (Å²) in [4.78, 5) is 17.6. The fourth-order valence-electron chi connectivity index (χ4n) is 4.26. The van der Waals surface area contributed by atoms with E-state index in [1.165, 1.54) is 0 Å². The first-order valence-electron chi connectivity index (χ1n) is 10.8. The smallest absolute Gasteiger partial charge is 0.242 e. The summed E-state index contributed by atoms with van der Waals surface area (Å²) in [5.74, 6) is 1.98. The maximum Gasteiger partial charge on any atom is 0.242 e. The van der Waals surface area contributed by atoms with Gasteiger partial charge in [0.05, 0.1) is 18.0 Å². The standard InChI is InChI=1S/C24H30N4O4/c1-14-17(15(2)25-22-21(14)23(30-6)27-28(22)5)8-10-20(29)26-24(3,4)16-7-9-18-19(13-16)32-12-11-31-18/h7,9,13H,8,10-12H2,1-6H3,(H,26,29). The summed E-state index contributed by atoms with van der Waals surface area (Å²) in [5.41, 5.74) is 4.20. The Kier molecular flexibility index (Phi) is 5.71. The number of hydrogen-bond acceptors (Lipinski definition) is 6. The second-order valence-electron chi connectivity index (χ2n) is 8.66. The summed E-state index contributed by atoms with van der Waals surface area (Å²) in [5, 5.41) is 8.44. The lowest BCUT2D eigenvalue weighted by atomic mass is 9.93. The van der Waals surface area contributed by atoms with Gasteiger partial charge in [-0.2, -0.15) is 0 Å². The Bertz CT molecular complexity index is 1180. The molecular formula is C24H30N4O4. The maximum atomic E-state index is 12.9. The summed E-state index contributed by atoms with van der Waals surface area (Å²) in [6.07, 6.45) is 0.938. The molecule has 0 spiro atoms. The van der Waals surface area contributed by atoms with Gasteiger partial charge in [-0.05, 0) is 62.9 Å². The molecule has 0 saturated heterocycles. The first-order chi connectivity index (χ1) is 15.2. The number of methoxy groups -OCH3 is 1. The Hall–Kier alpha value is -3.29. The van der Waals surface area contributed by atoms with E-state index in [1.54, 1.807) is 11.8 Å². The number of fused-ring (bicyclic) bond motifs is 2. The largest absolute Gasteiger partial charge is 0.486 e. The monoisotopic (exact) mass is 438 g/mol. The third-order valence-corrected chi connectivity index (χ3v) is 6.03. The van der Waals surface area contributed by atoms with Crippen LogP contribution in [0.3, 0.4) is 0 Å². The number of benzene rings is 1. The number of aromatic nitrogens is 3. The molecule has 0 fully saturated rings. The van der Waals surface area contributed by atoms with Crippen molar-refractivity contribution in [2.75, 3.05) is 20.3 Å². The zero-order valence-electron chi connectivity index (χ0n) is 19.5. The van der Waals surface area contributed by atoms with Gasteiger partial charge in [0, 0.05) is 19.2 Å². The van der Waals surface area contributed by atoms with Gasteiger partial charge in [0.15, 0.2) is 17.1 Å². The highest BCUT2D eigenvalue weighted by molar-refractivity contribution is 5.86. The Morgan fingerprint density at radius 3 is 2.66 bits per heavy atom. The first-order valence-corrected chi connectivity index (χ1v) is 10.8. The Labute approximate surface area is 187 Å². The van der Waals surface area contributed by atoms with Crippen molar-refractivity contribution < 1.29 is 19.0 Å². The molecule has 3 aromatic rings. The van der Waals surface area contributed by atoms with Crippen molar-refractivity contribution in [3.63, 3.8) is 0 Å². The number of carbonyl (C=O) groups is 1. The molecule has 8 nitrogen and oxygen atoms in total. The predicted octanol–water partition coefficient (Wildman–Crippen LogP) is 3.35. The van der Waals surface area contributed by atoms with Crippen molar-refractivity contribution in [2.24, 2.45) is 7.05 Å². The van der Waals surface area contributed by atoms with Crippen molar-refractivity contribution in [3.05, 3.63) is 40.6 Å². The van der Waals surface area contributed by atoms with E-state index in [0.29, 0.717) is 37.7 Å². The minimum atomic E-state index is -0.550. The number of pyridine rings is 1. The predicted molar refractivity (Wildman–Crippen MR) is 121 cm³/mol. The van der Waals surface area contributed by atoms with Crippen molar-refractivity contribution in [3.8, 4) is 17.4 Å². The molecule has 1 aromatic carbocycles. The molecule has 0 aliphatic carbocycles. The number of ether oxygens (including phenoxy) is 3. The van der Waals surface area contributed by atoms with Crippen LogP contribution in [0.5, 0.6) is 17.4 Å². The van der Waals surface area contributed by atoms with Crippen LogP contribution >= 0.6 is 0 Å². The average molecular weight is 439 g/mol. The lowest BCUT2D eigenvalue weighted by Crippen LogP contribution is -2.41. The summed E-state index contributed by atoms with van der Waals surface area (Å²) < 4.78 is 18.4. The molecule has 0 unspecified atom stereocenters. The fraction of sp³-hybridized carbons (Fsp3) is 0.458. The third-order valence-electron chi connectivity index (χ3n) is 6.03. The van der Waals surface area contributed by atoms with Crippen molar-refractivity contribution >= 4 is 16.9 Å². The van der Waals surface area contributed by atoms with Crippen LogP contribution in [0.4, 0.5) is 0 Å². The van der Waals surface area contributed by atoms with Gasteiger partial charge in [-0.1, -0.05) is 6.07 Å². The maximum absolute atomic E-state index is 12.9. The number of carbonyl (C=O) groups excluding carboxylic acids is 1. The van der Waals surface area contributed by atoms with Gasteiger partial charge in [-0.15, -0.1) is 5.10 Å². The lowest BCUT2D eigenvalue weighted by Gasteiger charge is -2.29. The summed E-state index contributed by atoms with van der Waals surface area (Å²) in [6.45, 7) is 9.06. The van der Waals surface area contributed by atoms with Crippen LogP contribution in [0.1, 0.15) is 42.7 Å². The minimum Gasteiger partial charge on any atom is -0.486 e. The molecule has 3 heterocycles. The molecule has 1 aliphatic rings. The molecule has 0 saturated carbocycles. The Morgan fingerprint density at radius 1 is 1.22 bits per heavy atom. The number of amides is 1. The van der Waals surface area contributed by atoms with Crippen LogP contribution in [-0.2, 0) is 23.8 Å². The van der Waals surface area contributed by atoms with E-state index in [0.717, 1.165) is 39.2 Å². The van der Waals surface area contributed by atoms with Crippen molar-refractivity contribution in [1.29, 1.82) is 0 Å². The van der Waals surface area contributed by atoms with Gasteiger partial charge in [-0.25, -0.2) is 9.67 Å². The Balaban J connectivity index is 1.50. The molecule has 0 bridgehead atoms. The van der Waals surface area contributed by atoms with Crippen LogP contribution in [0.15, 0.2) is 18.2 Å². The van der Waals surface area contributed by atoms with E-state index >= 15 is 0 Å². The van der Waals surface area contributed by atoms with Crippen molar-refractivity contribution in [2.45, 2.75) is 46.1 Å². The molecule has 32 heavy (non-hydrogen) atoms. The molecule has 1 aliphatic heterocycles. The average Bonchev–Trinajstić information content (AvgIpc) is 3.08. The van der Waals surface area contributed by atoms with Gasteiger partial charge in [0.2, 0.25) is 11.8 Å². The SMILES string of the molecule is COc1nn(C)c2nc(C)c(CCC(=O)NC(C)(C)c3ccc4c(c3)OCCO4)c(C)c12. The highest BCUT2D eigenvalue weighted by atomic mass is 16.6. The molecule has 2 aromatic heterocycles. The van der Waals surface area contributed by atoms with E-state index in [9.17, 15) is 4.79 Å². The van der Waals surface area contributed by atoms with Crippen LogP contribution in [0.2, 0.25) is 0 Å². The molecule has 4 rings (SSSR count). The summed E-state index contributed by atoms with van der Waals surface area (Å²) in [7, 11) is 3.46. The first kappa shape index (κ1) is 21.9. The highest BCUT2D eigenvalue weighted by Gasteiger charge is 2.26. The van der Waals surface area contributed by atoms with Gasteiger partial charge >= 0.3 is 0 Å². The van der Waals surface area contributed by atoms with E-state index in [-0.39, 0.29) is 5.91 Å². The zero-order chi connectivity index (χ0) is 23.0. The molecule has 1 amide bonds. The normalized spacial score (nSPS) is 13.3. The number of hydrogen-bond donors (Lipinski definition) is 1. The quantitative estimate of drug-likeness (QED) is 0.635. The third kappa shape index (κ3) is 3.97. The van der Waals surface area contributed by atoms with E-state index < -0.39 is 5.54 Å². The summed E-state index contributed by atoms with van der Waals surface area (Å²) in [6, 6.07) is 5.80. The van der Waals surface area contributed by atoms with Gasteiger partial charge in [0.1, 0.15) is 13.2 Å². The number of nitrogens with zero attached hydrogens (tertiary/aromatic N) is 3. The van der Waals surface area contributed by atoms with Crippen LogP contribution < -0.4 is 19.5 Å². The van der Waals surface area contributed by atoms with E-state index in [2.05, 4.69) is 10.4 Å². The lowest BCUT2D eigenvalue weighted by molar-refractivity contribution is -0.122. The molecule has 170 valence electrons. The number of nitrogens with one attached hydrogen (secondary N) is 1. The van der Waals surface area contributed by atoms with Gasteiger partial charge < -0.3 is 19.5 Å². The number of rotatable bonds is 6. The van der Waals surface area contributed by atoms with Crippen LogP contribution in [0, 0.1) is 13.8 Å². The topological polar surface area (TPSA) is 87.5 Å². The molecule has 1 N–H and O–H groups in total. The van der Waals surface area contributed by atoms with E-state index in [1.807, 2.05) is 52.9 Å². The fourth-order valence-corrected chi connectivity index (χ4v) is 4.26. The Morgan fingerprint density at radius 2 is 1.94 bits per heavy atom.